The zero-order valence-electron chi connectivity index (χ0n) is 17.9. The van der Waals surface area contributed by atoms with E-state index in [9.17, 15) is 5.11 Å². The fraction of sp³-hybridized carbons (Fsp3) is 0.458. The number of benzene rings is 2. The summed E-state index contributed by atoms with van der Waals surface area (Å²) < 4.78 is 0. The minimum absolute atomic E-state index is 0.103. The van der Waals surface area contributed by atoms with Crippen molar-refractivity contribution in [2.75, 3.05) is 31.1 Å². The zero-order valence-corrected chi connectivity index (χ0v) is 18.7. The molecule has 5 nitrogen and oxygen atoms in total. The molecule has 1 aliphatic rings. The number of rotatable bonds is 7. The number of aliphatic hydroxyl groups excluding tert-OH is 1. The molecule has 0 saturated carbocycles. The van der Waals surface area contributed by atoms with Gasteiger partial charge in [-0.15, -0.1) is 0 Å². The summed E-state index contributed by atoms with van der Waals surface area (Å²) in [5.41, 5.74) is 3.55. The normalized spacial score (nSPS) is 16.4. The van der Waals surface area contributed by atoms with E-state index in [4.69, 9.17) is 16.6 Å². The molecule has 1 heterocycles. The third-order valence-electron chi connectivity index (χ3n) is 5.64. The Morgan fingerprint density at radius 3 is 2.57 bits per heavy atom. The lowest BCUT2D eigenvalue weighted by atomic mass is 9.97. The van der Waals surface area contributed by atoms with Crippen LogP contribution in [0.3, 0.4) is 0 Å². The number of anilines is 1. The Balaban J connectivity index is 1.59. The molecule has 1 fully saturated rings. The van der Waals surface area contributed by atoms with Crippen LogP contribution in [0.4, 0.5) is 5.69 Å². The third-order valence-corrected chi connectivity index (χ3v) is 5.88. The molecule has 0 spiro atoms. The number of guanidine groups is 1. The molecule has 0 radical (unpaired) electrons. The fourth-order valence-electron chi connectivity index (χ4n) is 3.74. The molecular formula is C24H33ClN4O. The average Bonchev–Trinajstić information content (AvgIpc) is 2.78. The molecule has 1 saturated heterocycles. The van der Waals surface area contributed by atoms with Crippen molar-refractivity contribution in [3.63, 3.8) is 0 Å². The van der Waals surface area contributed by atoms with Gasteiger partial charge in [0, 0.05) is 37.0 Å². The predicted octanol–water partition coefficient (Wildman–Crippen LogP) is 4.37. The van der Waals surface area contributed by atoms with Crippen LogP contribution in [0.5, 0.6) is 0 Å². The molecule has 162 valence electrons. The molecule has 1 atom stereocenters. The van der Waals surface area contributed by atoms with Crippen molar-refractivity contribution in [3.05, 3.63) is 64.7 Å². The van der Waals surface area contributed by atoms with Gasteiger partial charge in [-0.05, 0) is 68.0 Å². The van der Waals surface area contributed by atoms with E-state index in [0.29, 0.717) is 19.1 Å². The van der Waals surface area contributed by atoms with Crippen molar-refractivity contribution in [2.24, 2.45) is 10.9 Å². The van der Waals surface area contributed by atoms with E-state index in [1.54, 1.807) is 0 Å². The SMILES string of the molecule is CCNC(=NCc1ccc(N2CCC(CO)CC2)cc1)NC(C)c1cccc(Cl)c1. The summed E-state index contributed by atoms with van der Waals surface area (Å²) in [6.07, 6.45) is 2.12. The van der Waals surface area contributed by atoms with Crippen LogP contribution >= 0.6 is 11.6 Å². The first-order valence-electron chi connectivity index (χ1n) is 10.8. The fourth-order valence-corrected chi connectivity index (χ4v) is 3.94. The number of halogens is 1. The Bertz CT molecular complexity index is 816. The van der Waals surface area contributed by atoms with Gasteiger partial charge in [0.05, 0.1) is 12.6 Å². The molecule has 0 aromatic heterocycles. The Kier molecular flexibility index (Phi) is 8.40. The van der Waals surface area contributed by atoms with Gasteiger partial charge in [0.2, 0.25) is 0 Å². The Hall–Kier alpha value is -2.24. The maximum absolute atomic E-state index is 9.31. The molecule has 2 aromatic carbocycles. The quantitative estimate of drug-likeness (QED) is 0.453. The van der Waals surface area contributed by atoms with Crippen molar-refractivity contribution in [1.82, 2.24) is 10.6 Å². The number of hydrogen-bond acceptors (Lipinski definition) is 3. The van der Waals surface area contributed by atoms with Crippen molar-refractivity contribution in [3.8, 4) is 0 Å². The van der Waals surface area contributed by atoms with E-state index >= 15 is 0 Å². The Morgan fingerprint density at radius 1 is 1.20 bits per heavy atom. The van der Waals surface area contributed by atoms with Gasteiger partial charge in [-0.1, -0.05) is 35.9 Å². The standard InChI is InChI=1S/C24H33ClN4O/c1-3-26-24(28-18(2)21-5-4-6-22(25)15-21)27-16-19-7-9-23(10-8-19)29-13-11-20(17-30)12-14-29/h4-10,15,18,20,30H,3,11-14,16-17H2,1-2H3,(H2,26,27,28). The Morgan fingerprint density at radius 2 is 1.93 bits per heavy atom. The molecule has 0 amide bonds. The maximum Gasteiger partial charge on any atom is 0.192 e. The number of hydrogen-bond donors (Lipinski definition) is 3. The van der Waals surface area contributed by atoms with Gasteiger partial charge in [-0.2, -0.15) is 0 Å². The lowest BCUT2D eigenvalue weighted by Crippen LogP contribution is -2.38. The zero-order chi connectivity index (χ0) is 21.3. The summed E-state index contributed by atoms with van der Waals surface area (Å²) in [4.78, 5) is 7.16. The number of aliphatic hydroxyl groups is 1. The summed E-state index contributed by atoms with van der Waals surface area (Å²) >= 11 is 6.12. The van der Waals surface area contributed by atoms with Crippen LogP contribution in [0.1, 0.15) is 43.9 Å². The first kappa shape index (κ1) is 22.4. The van der Waals surface area contributed by atoms with Crippen LogP contribution in [-0.4, -0.2) is 37.3 Å². The molecule has 0 aliphatic carbocycles. The summed E-state index contributed by atoms with van der Waals surface area (Å²) in [7, 11) is 0. The first-order chi connectivity index (χ1) is 14.6. The highest BCUT2D eigenvalue weighted by molar-refractivity contribution is 6.30. The van der Waals surface area contributed by atoms with E-state index in [-0.39, 0.29) is 6.04 Å². The molecule has 3 rings (SSSR count). The monoisotopic (exact) mass is 428 g/mol. The first-order valence-corrected chi connectivity index (χ1v) is 11.2. The molecule has 3 N–H and O–H groups in total. The van der Waals surface area contributed by atoms with Gasteiger partial charge < -0.3 is 20.6 Å². The van der Waals surface area contributed by atoms with Gasteiger partial charge in [-0.3, -0.25) is 0 Å². The minimum atomic E-state index is 0.103. The maximum atomic E-state index is 9.31. The van der Waals surface area contributed by atoms with Crippen LogP contribution in [0.25, 0.3) is 0 Å². The van der Waals surface area contributed by atoms with Crippen LogP contribution in [0.15, 0.2) is 53.5 Å². The van der Waals surface area contributed by atoms with Crippen molar-refractivity contribution >= 4 is 23.2 Å². The molecular weight excluding hydrogens is 396 g/mol. The number of nitrogens with one attached hydrogen (secondary N) is 2. The molecule has 2 aromatic rings. The highest BCUT2D eigenvalue weighted by Gasteiger charge is 2.18. The van der Waals surface area contributed by atoms with Gasteiger partial charge in [0.15, 0.2) is 5.96 Å². The summed E-state index contributed by atoms with van der Waals surface area (Å²) in [6, 6.07) is 16.7. The highest BCUT2D eigenvalue weighted by atomic mass is 35.5. The number of nitrogens with zero attached hydrogens (tertiary/aromatic N) is 2. The molecule has 30 heavy (non-hydrogen) atoms. The van der Waals surface area contributed by atoms with E-state index in [1.165, 1.54) is 11.3 Å². The molecule has 0 bridgehead atoms. The topological polar surface area (TPSA) is 59.9 Å². The summed E-state index contributed by atoms with van der Waals surface area (Å²) in [5, 5.41) is 16.8. The lowest BCUT2D eigenvalue weighted by molar-refractivity contribution is 0.203. The van der Waals surface area contributed by atoms with Crippen molar-refractivity contribution in [2.45, 2.75) is 39.3 Å². The van der Waals surface area contributed by atoms with Crippen molar-refractivity contribution in [1.29, 1.82) is 0 Å². The number of aliphatic imine (C=N–C) groups is 1. The second-order valence-corrected chi connectivity index (χ2v) is 8.33. The summed E-state index contributed by atoms with van der Waals surface area (Å²) in [5.74, 6) is 1.25. The van der Waals surface area contributed by atoms with E-state index in [2.05, 4.69) is 59.7 Å². The Labute approximate surface area is 185 Å². The van der Waals surface area contributed by atoms with Crippen LogP contribution in [0.2, 0.25) is 5.02 Å². The molecule has 6 heteroatoms. The second-order valence-electron chi connectivity index (χ2n) is 7.90. The van der Waals surface area contributed by atoms with Crippen LogP contribution in [0, 0.1) is 5.92 Å². The molecule has 1 unspecified atom stereocenters. The van der Waals surface area contributed by atoms with Gasteiger partial charge in [0.1, 0.15) is 0 Å². The second kappa shape index (κ2) is 11.2. The van der Waals surface area contributed by atoms with Crippen LogP contribution in [-0.2, 0) is 6.54 Å². The van der Waals surface area contributed by atoms with E-state index in [0.717, 1.165) is 49.0 Å². The highest BCUT2D eigenvalue weighted by Crippen LogP contribution is 2.23. The van der Waals surface area contributed by atoms with Crippen LogP contribution < -0.4 is 15.5 Å². The lowest BCUT2D eigenvalue weighted by Gasteiger charge is -2.32. The number of piperidine rings is 1. The molecule has 1 aliphatic heterocycles. The van der Waals surface area contributed by atoms with E-state index < -0.39 is 0 Å². The predicted molar refractivity (Wildman–Crippen MR) is 126 cm³/mol. The van der Waals surface area contributed by atoms with Crippen molar-refractivity contribution < 1.29 is 5.11 Å². The van der Waals surface area contributed by atoms with Gasteiger partial charge in [-0.25, -0.2) is 4.99 Å². The largest absolute Gasteiger partial charge is 0.396 e. The van der Waals surface area contributed by atoms with Gasteiger partial charge >= 0.3 is 0 Å². The average molecular weight is 429 g/mol. The van der Waals surface area contributed by atoms with E-state index in [1.807, 2.05) is 18.2 Å². The van der Waals surface area contributed by atoms with Gasteiger partial charge in [0.25, 0.3) is 0 Å². The minimum Gasteiger partial charge on any atom is -0.396 e. The smallest absolute Gasteiger partial charge is 0.192 e. The third kappa shape index (κ3) is 6.38. The summed E-state index contributed by atoms with van der Waals surface area (Å²) in [6.45, 7) is 7.92.